The van der Waals surface area contributed by atoms with Crippen molar-refractivity contribution in [2.24, 2.45) is 0 Å². The van der Waals surface area contributed by atoms with Gasteiger partial charge in [-0.3, -0.25) is 0 Å². The van der Waals surface area contributed by atoms with Gasteiger partial charge in [-0.25, -0.2) is 0 Å². The molecule has 1 aliphatic heterocycles. The molecule has 0 aromatic rings. The van der Waals surface area contributed by atoms with E-state index in [4.69, 9.17) is 14.6 Å². The molecule has 1 heterocycles. The molecule has 0 radical (unpaired) electrons. The normalized spacial score (nSPS) is 37.4. The summed E-state index contributed by atoms with van der Waals surface area (Å²) in [5.74, 6) is 0. The molecule has 4 N–H and O–H groups in total. The van der Waals surface area contributed by atoms with E-state index in [1.165, 1.54) is 0 Å². The quantitative estimate of drug-likeness (QED) is 0.390. The van der Waals surface area contributed by atoms with E-state index in [0.717, 1.165) is 0 Å². The molecule has 1 fully saturated rings. The van der Waals surface area contributed by atoms with Gasteiger partial charge in [-0.15, -0.1) is 0 Å². The predicted molar refractivity (Wildman–Crippen MR) is 52.5 cm³/mol. The van der Waals surface area contributed by atoms with Crippen LogP contribution < -0.4 is 0 Å². The topological polar surface area (TPSA) is 99.4 Å². The molecule has 1 rings (SSSR count). The summed E-state index contributed by atoms with van der Waals surface area (Å²) in [5.41, 5.74) is 0. The molecule has 0 aliphatic carbocycles. The predicted octanol–water partition coefficient (Wildman–Crippen LogP) is -2.83. The van der Waals surface area contributed by atoms with Gasteiger partial charge in [0, 0.05) is 6.61 Å². The molecule has 5 atom stereocenters. The summed E-state index contributed by atoms with van der Waals surface area (Å²) in [6.45, 7) is 1.52. The fraction of sp³-hybridized carbons (Fsp3) is 1.00. The average Bonchev–Trinajstić information content (AvgIpc) is 2.46. The Labute approximate surface area is 110 Å². The van der Waals surface area contributed by atoms with Crippen LogP contribution >= 0.6 is 0 Å². The van der Waals surface area contributed by atoms with E-state index in [2.05, 4.69) is 0 Å². The zero-order valence-corrected chi connectivity index (χ0v) is 7.91. The fourth-order valence-electron chi connectivity index (χ4n) is 1.40. The third-order valence-electron chi connectivity index (χ3n) is 2.15. The molecular formula is C8H17NaO6. The van der Waals surface area contributed by atoms with E-state index in [0.29, 0.717) is 6.61 Å². The number of ether oxygens (including phenoxy) is 2. The second-order valence-corrected chi connectivity index (χ2v) is 3.16. The van der Waals surface area contributed by atoms with Crippen LogP contribution in [0.1, 0.15) is 6.92 Å². The minimum atomic E-state index is -1.24. The Balaban J connectivity index is 0.00000196. The Morgan fingerprint density at radius 2 is 1.93 bits per heavy atom. The molecule has 0 unspecified atom stereocenters. The molecule has 15 heavy (non-hydrogen) atoms. The molecule has 0 saturated carbocycles. The van der Waals surface area contributed by atoms with Crippen molar-refractivity contribution < 1.29 is 29.9 Å². The third kappa shape index (κ3) is 3.62. The van der Waals surface area contributed by atoms with Gasteiger partial charge in [0.25, 0.3) is 0 Å². The summed E-state index contributed by atoms with van der Waals surface area (Å²) in [6.07, 6.45) is -5.60. The molecule has 6 nitrogen and oxygen atoms in total. The molecule has 0 amide bonds. The van der Waals surface area contributed by atoms with Crippen molar-refractivity contribution in [3.63, 3.8) is 0 Å². The standard InChI is InChI=1S/C8H16O6.Na.H/c1-2-13-8-6(12)5(11)7(14-8)4(10)3-9;;/h4-12H,2-3H2,1H3;;/t4-,5+,6+,7-,8-;;/m0../s1. The van der Waals surface area contributed by atoms with Gasteiger partial charge in [0.05, 0.1) is 6.61 Å². The molecule has 0 bridgehead atoms. The first kappa shape index (κ1) is 15.8. The SMILES string of the molecule is CCO[C@H]1O[C@@H]([C@@H](O)CO)[C@H](O)[C@H]1O.[NaH]. The second-order valence-electron chi connectivity index (χ2n) is 3.16. The van der Waals surface area contributed by atoms with Crippen molar-refractivity contribution >= 4 is 29.6 Å². The van der Waals surface area contributed by atoms with Gasteiger partial charge < -0.3 is 29.9 Å². The van der Waals surface area contributed by atoms with Crippen molar-refractivity contribution in [2.75, 3.05) is 13.2 Å². The molecule has 7 heteroatoms. The molecule has 86 valence electrons. The average molecular weight is 232 g/mol. The maximum absolute atomic E-state index is 9.43. The van der Waals surface area contributed by atoms with Crippen LogP contribution in [0.5, 0.6) is 0 Å². The Bertz CT molecular complexity index is 179. The fourth-order valence-corrected chi connectivity index (χ4v) is 1.40. The Kier molecular flexibility index (Phi) is 7.52. The maximum atomic E-state index is 9.43. The van der Waals surface area contributed by atoms with Crippen LogP contribution in [0.15, 0.2) is 0 Å². The van der Waals surface area contributed by atoms with Crippen molar-refractivity contribution in [3.05, 3.63) is 0 Å². The summed E-state index contributed by atoms with van der Waals surface area (Å²) < 4.78 is 10.0. The van der Waals surface area contributed by atoms with Crippen molar-refractivity contribution in [1.29, 1.82) is 0 Å². The van der Waals surface area contributed by atoms with Gasteiger partial charge in [0.15, 0.2) is 6.29 Å². The number of aliphatic hydroxyl groups excluding tert-OH is 4. The van der Waals surface area contributed by atoms with Crippen LogP contribution in [0.4, 0.5) is 0 Å². The monoisotopic (exact) mass is 232 g/mol. The summed E-state index contributed by atoms with van der Waals surface area (Å²) in [4.78, 5) is 0. The molecule has 1 saturated heterocycles. The van der Waals surface area contributed by atoms with Crippen molar-refractivity contribution in [1.82, 2.24) is 0 Å². The van der Waals surface area contributed by atoms with Gasteiger partial charge in [-0.2, -0.15) is 0 Å². The van der Waals surface area contributed by atoms with Gasteiger partial charge in [-0.1, -0.05) is 0 Å². The number of aliphatic hydroxyl groups is 4. The van der Waals surface area contributed by atoms with E-state index in [1.807, 2.05) is 0 Å². The Morgan fingerprint density at radius 1 is 1.33 bits per heavy atom. The van der Waals surface area contributed by atoms with Crippen LogP contribution in [0, 0.1) is 0 Å². The first-order valence-electron chi connectivity index (χ1n) is 4.54. The van der Waals surface area contributed by atoms with Crippen LogP contribution in [0.2, 0.25) is 0 Å². The Hall–Kier alpha value is 0.760. The molecule has 1 aliphatic rings. The number of hydrogen-bond acceptors (Lipinski definition) is 6. The van der Waals surface area contributed by atoms with E-state index in [1.54, 1.807) is 6.92 Å². The molecule has 0 aromatic heterocycles. The van der Waals surface area contributed by atoms with Gasteiger partial charge in [-0.05, 0) is 6.92 Å². The summed E-state index contributed by atoms with van der Waals surface area (Å²) >= 11 is 0. The second kappa shape index (κ2) is 7.16. The summed E-state index contributed by atoms with van der Waals surface area (Å²) in [5, 5.41) is 36.7. The van der Waals surface area contributed by atoms with Crippen molar-refractivity contribution in [2.45, 2.75) is 37.6 Å². The first-order valence-corrected chi connectivity index (χ1v) is 4.54. The van der Waals surface area contributed by atoms with E-state index < -0.39 is 37.3 Å². The van der Waals surface area contributed by atoms with Crippen LogP contribution in [-0.2, 0) is 9.47 Å². The van der Waals surface area contributed by atoms with Crippen LogP contribution in [-0.4, -0.2) is 93.9 Å². The van der Waals surface area contributed by atoms with Crippen LogP contribution in [0.25, 0.3) is 0 Å². The minimum absolute atomic E-state index is 0. The van der Waals surface area contributed by atoms with E-state index >= 15 is 0 Å². The zero-order valence-electron chi connectivity index (χ0n) is 7.91. The first-order chi connectivity index (χ1) is 6.61. The summed E-state index contributed by atoms with van der Waals surface area (Å²) in [6, 6.07) is 0. The van der Waals surface area contributed by atoms with Gasteiger partial charge in [0.1, 0.15) is 24.4 Å². The number of rotatable bonds is 4. The van der Waals surface area contributed by atoms with Crippen molar-refractivity contribution in [3.8, 4) is 0 Å². The van der Waals surface area contributed by atoms with E-state index in [-0.39, 0.29) is 29.6 Å². The Morgan fingerprint density at radius 3 is 2.40 bits per heavy atom. The van der Waals surface area contributed by atoms with Gasteiger partial charge in [0.2, 0.25) is 0 Å². The van der Waals surface area contributed by atoms with E-state index in [9.17, 15) is 15.3 Å². The molecule has 0 spiro atoms. The van der Waals surface area contributed by atoms with Gasteiger partial charge >= 0.3 is 29.6 Å². The molecular weight excluding hydrogens is 215 g/mol. The third-order valence-corrected chi connectivity index (χ3v) is 2.15. The van der Waals surface area contributed by atoms with Crippen LogP contribution in [0.3, 0.4) is 0 Å². The molecule has 0 aromatic carbocycles. The number of hydrogen-bond donors (Lipinski definition) is 4. The summed E-state index contributed by atoms with van der Waals surface area (Å²) in [7, 11) is 0. The zero-order chi connectivity index (χ0) is 10.7.